The van der Waals surface area contributed by atoms with Crippen LogP contribution in [0.1, 0.15) is 36.4 Å². The van der Waals surface area contributed by atoms with Crippen LogP contribution in [0.4, 0.5) is 5.69 Å². The van der Waals surface area contributed by atoms with E-state index >= 15 is 0 Å². The summed E-state index contributed by atoms with van der Waals surface area (Å²) in [5, 5.41) is 0.719. The van der Waals surface area contributed by atoms with Gasteiger partial charge in [0.05, 0.1) is 5.69 Å². The van der Waals surface area contributed by atoms with Crippen LogP contribution < -0.4 is 4.90 Å². The van der Waals surface area contributed by atoms with Gasteiger partial charge in [0.15, 0.2) is 0 Å². The molecule has 148 valence electrons. The normalized spacial score (nSPS) is 14.9. The smallest absolute Gasteiger partial charge is 0.259 e. The van der Waals surface area contributed by atoms with E-state index in [-0.39, 0.29) is 5.91 Å². The molecule has 1 amide bonds. The van der Waals surface area contributed by atoms with Crippen LogP contribution in [-0.4, -0.2) is 17.0 Å². The van der Waals surface area contributed by atoms with E-state index < -0.39 is 0 Å². The third-order valence-corrected chi connectivity index (χ3v) is 5.62. The summed E-state index contributed by atoms with van der Waals surface area (Å²) in [6.45, 7) is 9.16. The molecule has 0 saturated carbocycles. The monoisotopic (exact) mass is 404 g/mol. The first-order valence-electron chi connectivity index (χ1n) is 9.94. The number of para-hydroxylation sites is 1. The van der Waals surface area contributed by atoms with Gasteiger partial charge in [-0.05, 0) is 67.8 Å². The average molecular weight is 405 g/mol. The predicted molar refractivity (Wildman–Crippen MR) is 122 cm³/mol. The summed E-state index contributed by atoms with van der Waals surface area (Å²) in [4.78, 5) is 15.2. The standard InChI is InChI=1S/C25H25ClN2O/c1-16(2)15-27-24-8-6-5-7-22(24)23(25(27)29)14-19-13-17(3)28(18(19)4)21-11-9-20(26)10-12-21/h5-14,16H,15H2,1-4H3/b23-14-. The number of amides is 1. The molecule has 2 aromatic carbocycles. The van der Waals surface area contributed by atoms with Crippen molar-refractivity contribution in [3.63, 3.8) is 0 Å². The van der Waals surface area contributed by atoms with Gasteiger partial charge in [0.1, 0.15) is 0 Å². The van der Waals surface area contributed by atoms with Crippen LogP contribution in [0.15, 0.2) is 54.6 Å². The van der Waals surface area contributed by atoms with Gasteiger partial charge in [0.25, 0.3) is 5.91 Å². The molecule has 0 radical (unpaired) electrons. The van der Waals surface area contributed by atoms with Crippen molar-refractivity contribution in [3.05, 3.63) is 82.1 Å². The van der Waals surface area contributed by atoms with Gasteiger partial charge in [-0.15, -0.1) is 0 Å². The lowest BCUT2D eigenvalue weighted by molar-refractivity contribution is -0.113. The van der Waals surface area contributed by atoms with Crippen LogP contribution in [0, 0.1) is 19.8 Å². The van der Waals surface area contributed by atoms with Gasteiger partial charge in [0.2, 0.25) is 0 Å². The minimum absolute atomic E-state index is 0.0798. The number of rotatable bonds is 4. The molecule has 4 heteroatoms. The topological polar surface area (TPSA) is 25.2 Å². The first-order valence-corrected chi connectivity index (χ1v) is 10.3. The second kappa shape index (κ2) is 7.57. The number of carbonyl (C=O) groups is 1. The summed E-state index contributed by atoms with van der Waals surface area (Å²) in [5.41, 5.74) is 7.12. The molecule has 0 N–H and O–H groups in total. The molecule has 0 fully saturated rings. The molecule has 0 atom stereocenters. The maximum atomic E-state index is 13.2. The van der Waals surface area contributed by atoms with Crippen molar-refractivity contribution < 1.29 is 4.79 Å². The van der Waals surface area contributed by atoms with Gasteiger partial charge in [-0.1, -0.05) is 43.6 Å². The van der Waals surface area contributed by atoms with E-state index in [2.05, 4.69) is 38.3 Å². The number of halogens is 1. The maximum absolute atomic E-state index is 13.2. The minimum atomic E-state index is 0.0798. The van der Waals surface area contributed by atoms with Crippen LogP contribution >= 0.6 is 11.6 Å². The number of hydrogen-bond acceptors (Lipinski definition) is 1. The molecule has 0 spiro atoms. The highest BCUT2D eigenvalue weighted by atomic mass is 35.5. The Kier molecular flexibility index (Phi) is 5.10. The van der Waals surface area contributed by atoms with Gasteiger partial charge < -0.3 is 9.47 Å². The van der Waals surface area contributed by atoms with E-state index in [0.29, 0.717) is 5.92 Å². The Balaban J connectivity index is 1.80. The van der Waals surface area contributed by atoms with Gasteiger partial charge in [0, 0.05) is 39.8 Å². The summed E-state index contributed by atoms with van der Waals surface area (Å²) in [6, 6.07) is 18.0. The average Bonchev–Trinajstić information content (AvgIpc) is 3.11. The number of nitrogens with zero attached hydrogens (tertiary/aromatic N) is 2. The third kappa shape index (κ3) is 3.51. The fourth-order valence-electron chi connectivity index (χ4n) is 4.07. The van der Waals surface area contributed by atoms with E-state index in [9.17, 15) is 4.79 Å². The van der Waals surface area contributed by atoms with E-state index in [1.54, 1.807) is 0 Å². The third-order valence-electron chi connectivity index (χ3n) is 5.36. The van der Waals surface area contributed by atoms with Gasteiger partial charge in [-0.25, -0.2) is 0 Å². The van der Waals surface area contributed by atoms with Crippen molar-refractivity contribution >= 4 is 34.8 Å². The molecule has 0 saturated heterocycles. The van der Waals surface area contributed by atoms with E-state index in [1.165, 1.54) is 0 Å². The predicted octanol–water partition coefficient (Wildman–Crippen LogP) is 6.29. The summed E-state index contributed by atoms with van der Waals surface area (Å²) in [7, 11) is 0. The molecule has 4 rings (SSSR count). The van der Waals surface area contributed by atoms with Crippen LogP contribution in [0.3, 0.4) is 0 Å². The zero-order valence-electron chi connectivity index (χ0n) is 17.2. The molecule has 1 aliphatic heterocycles. The second-order valence-corrected chi connectivity index (χ2v) is 8.46. The Hall–Kier alpha value is -2.78. The molecular formula is C25H25ClN2O. The van der Waals surface area contributed by atoms with Crippen LogP contribution in [0.5, 0.6) is 0 Å². The van der Waals surface area contributed by atoms with Crippen LogP contribution in [0.2, 0.25) is 5.02 Å². The second-order valence-electron chi connectivity index (χ2n) is 8.02. The number of benzene rings is 2. The summed E-state index contributed by atoms with van der Waals surface area (Å²) >= 11 is 6.05. The molecule has 3 aromatic rings. The van der Waals surface area contributed by atoms with Gasteiger partial charge >= 0.3 is 0 Å². The lowest BCUT2D eigenvalue weighted by Gasteiger charge is -2.19. The van der Waals surface area contributed by atoms with Crippen molar-refractivity contribution in [2.45, 2.75) is 27.7 Å². The first kappa shape index (κ1) is 19.5. The Labute approximate surface area is 177 Å². The summed E-state index contributed by atoms with van der Waals surface area (Å²) in [5.74, 6) is 0.484. The van der Waals surface area contributed by atoms with E-state index in [4.69, 9.17) is 11.6 Å². The van der Waals surface area contributed by atoms with Crippen molar-refractivity contribution in [1.82, 2.24) is 4.57 Å². The Morgan fingerprint density at radius 1 is 1.03 bits per heavy atom. The highest BCUT2D eigenvalue weighted by Gasteiger charge is 2.32. The largest absolute Gasteiger partial charge is 0.318 e. The van der Waals surface area contributed by atoms with Crippen molar-refractivity contribution in [3.8, 4) is 5.69 Å². The van der Waals surface area contributed by atoms with Crippen molar-refractivity contribution in [1.29, 1.82) is 0 Å². The van der Waals surface area contributed by atoms with Crippen molar-refractivity contribution in [2.24, 2.45) is 5.92 Å². The van der Waals surface area contributed by atoms with Crippen LogP contribution in [-0.2, 0) is 4.79 Å². The molecule has 1 aromatic heterocycles. The molecule has 0 unspecified atom stereocenters. The number of hydrogen-bond donors (Lipinski definition) is 0. The number of aromatic nitrogens is 1. The summed E-state index contributed by atoms with van der Waals surface area (Å²) < 4.78 is 2.19. The Bertz CT molecular complexity index is 1110. The van der Waals surface area contributed by atoms with E-state index in [0.717, 1.165) is 51.0 Å². The quantitative estimate of drug-likeness (QED) is 0.469. The fourth-order valence-corrected chi connectivity index (χ4v) is 4.20. The number of fused-ring (bicyclic) bond motifs is 1. The Morgan fingerprint density at radius 3 is 2.41 bits per heavy atom. The zero-order chi connectivity index (χ0) is 20.7. The minimum Gasteiger partial charge on any atom is -0.318 e. The number of carbonyl (C=O) groups excluding carboxylic acids is 1. The maximum Gasteiger partial charge on any atom is 0.259 e. The highest BCUT2D eigenvalue weighted by molar-refractivity contribution is 6.35. The fraction of sp³-hybridized carbons (Fsp3) is 0.240. The SMILES string of the molecule is Cc1cc(/C=C2\C(=O)N(CC(C)C)c3ccccc32)c(C)n1-c1ccc(Cl)cc1. The lowest BCUT2D eigenvalue weighted by atomic mass is 10.0. The van der Waals surface area contributed by atoms with Gasteiger partial charge in [-0.2, -0.15) is 0 Å². The summed E-state index contributed by atoms with van der Waals surface area (Å²) in [6.07, 6.45) is 2.04. The van der Waals surface area contributed by atoms with E-state index in [1.807, 2.05) is 59.5 Å². The molecule has 3 nitrogen and oxygen atoms in total. The molecule has 29 heavy (non-hydrogen) atoms. The highest BCUT2D eigenvalue weighted by Crippen LogP contribution is 2.38. The first-order chi connectivity index (χ1) is 13.9. The number of anilines is 1. The molecule has 1 aliphatic rings. The molecule has 2 heterocycles. The lowest BCUT2D eigenvalue weighted by Crippen LogP contribution is -2.30. The zero-order valence-corrected chi connectivity index (χ0v) is 18.0. The molecule has 0 aliphatic carbocycles. The van der Waals surface area contributed by atoms with Crippen molar-refractivity contribution in [2.75, 3.05) is 11.4 Å². The molecule has 0 bridgehead atoms. The van der Waals surface area contributed by atoms with Gasteiger partial charge in [-0.3, -0.25) is 4.79 Å². The van der Waals surface area contributed by atoms with Crippen LogP contribution in [0.25, 0.3) is 17.3 Å². The Morgan fingerprint density at radius 2 is 1.72 bits per heavy atom. The molecular weight excluding hydrogens is 380 g/mol. The number of aryl methyl sites for hydroxylation is 1.